The first kappa shape index (κ1) is 32.4. The zero-order chi connectivity index (χ0) is 38.3. The molecule has 6 nitrogen and oxygen atoms in total. The Labute approximate surface area is 333 Å². The highest BCUT2D eigenvalue weighted by atomic mass is 15.2. The molecule has 0 aliphatic heterocycles. The zero-order valence-corrected chi connectivity index (χ0v) is 31.6. The third-order valence-electron chi connectivity index (χ3n) is 11.6. The van der Waals surface area contributed by atoms with Crippen molar-refractivity contribution < 1.29 is 0 Å². The standard InChI is InChI=1S/C52H34N6/c1-33-53-51(34-16-4-2-5-17-34)55-52(54-33)58-46-28-13-9-20-38(46)41-24-14-23-37(49(41)58)35-30-31-47-43(32-35)40-22-10-12-27-45(40)57(47)48-29-15-25-42-39-21-8-11-26-44(39)56(50(42)48)36-18-6-3-7-19-36/h2-32H,1H3. The van der Waals surface area contributed by atoms with Crippen molar-refractivity contribution >= 4 is 65.4 Å². The number of rotatable bonds is 5. The molecule has 12 aromatic rings. The molecule has 272 valence electrons. The van der Waals surface area contributed by atoms with Crippen LogP contribution in [0.1, 0.15) is 5.82 Å². The number of fused-ring (bicyclic) bond motifs is 9. The maximum atomic E-state index is 5.11. The van der Waals surface area contributed by atoms with Crippen LogP contribution in [0.5, 0.6) is 0 Å². The fourth-order valence-electron chi connectivity index (χ4n) is 9.17. The highest BCUT2D eigenvalue weighted by Gasteiger charge is 2.22. The van der Waals surface area contributed by atoms with Gasteiger partial charge in [0.15, 0.2) is 5.82 Å². The van der Waals surface area contributed by atoms with Crippen LogP contribution in [0, 0.1) is 6.92 Å². The summed E-state index contributed by atoms with van der Waals surface area (Å²) in [4.78, 5) is 14.8. The molecule has 0 bridgehead atoms. The summed E-state index contributed by atoms with van der Waals surface area (Å²) in [6.45, 7) is 1.94. The normalized spacial score (nSPS) is 11.9. The minimum Gasteiger partial charge on any atom is -0.307 e. The van der Waals surface area contributed by atoms with Gasteiger partial charge in [-0.15, -0.1) is 0 Å². The molecule has 0 amide bonds. The van der Waals surface area contributed by atoms with Crippen molar-refractivity contribution in [3.63, 3.8) is 0 Å². The summed E-state index contributed by atoms with van der Waals surface area (Å²) in [5, 5.41) is 7.15. The predicted molar refractivity (Wildman–Crippen MR) is 238 cm³/mol. The van der Waals surface area contributed by atoms with Gasteiger partial charge < -0.3 is 9.13 Å². The summed E-state index contributed by atoms with van der Waals surface area (Å²) in [5.41, 5.74) is 12.2. The van der Waals surface area contributed by atoms with Gasteiger partial charge in [-0.1, -0.05) is 140 Å². The first-order chi connectivity index (χ1) is 28.7. The van der Waals surface area contributed by atoms with E-state index in [-0.39, 0.29) is 0 Å². The number of benzene rings is 8. The molecule has 58 heavy (non-hydrogen) atoms. The van der Waals surface area contributed by atoms with Gasteiger partial charge in [-0.3, -0.25) is 4.57 Å². The summed E-state index contributed by atoms with van der Waals surface area (Å²) in [5.74, 6) is 1.93. The van der Waals surface area contributed by atoms with Crippen LogP contribution in [-0.4, -0.2) is 28.7 Å². The lowest BCUT2D eigenvalue weighted by atomic mass is 10.00. The molecule has 0 aliphatic rings. The molecule has 12 rings (SSSR count). The third kappa shape index (κ3) is 4.75. The van der Waals surface area contributed by atoms with Crippen LogP contribution in [0.15, 0.2) is 188 Å². The van der Waals surface area contributed by atoms with Crippen LogP contribution in [-0.2, 0) is 0 Å². The fraction of sp³-hybridized carbons (Fsp3) is 0.0192. The molecule has 6 heteroatoms. The monoisotopic (exact) mass is 742 g/mol. The largest absolute Gasteiger partial charge is 0.307 e. The van der Waals surface area contributed by atoms with Gasteiger partial charge in [0.05, 0.1) is 38.8 Å². The first-order valence-corrected chi connectivity index (χ1v) is 19.6. The maximum Gasteiger partial charge on any atom is 0.238 e. The van der Waals surface area contributed by atoms with Crippen LogP contribution >= 0.6 is 0 Å². The molecule has 4 aromatic heterocycles. The lowest BCUT2D eigenvalue weighted by molar-refractivity contribution is 0.907. The second kappa shape index (κ2) is 12.6. The zero-order valence-electron chi connectivity index (χ0n) is 31.6. The lowest BCUT2D eigenvalue weighted by Crippen LogP contribution is -2.06. The molecule has 0 unspecified atom stereocenters. The molecule has 0 saturated carbocycles. The SMILES string of the molecule is Cc1nc(-c2ccccc2)nc(-n2c3ccccc3c3cccc(-c4ccc5c(c4)c4ccccc4n5-c4cccc5c6ccccc6n(-c6ccccc6)c45)c32)n1. The van der Waals surface area contributed by atoms with Crippen LogP contribution in [0.3, 0.4) is 0 Å². The molecule has 8 aromatic carbocycles. The van der Waals surface area contributed by atoms with Crippen molar-refractivity contribution in [3.05, 3.63) is 194 Å². The van der Waals surface area contributed by atoms with E-state index < -0.39 is 0 Å². The number of aromatic nitrogens is 6. The minimum atomic E-state index is 0.601. The number of aryl methyl sites for hydroxylation is 1. The topological polar surface area (TPSA) is 53.5 Å². The van der Waals surface area contributed by atoms with Crippen LogP contribution in [0.25, 0.3) is 105 Å². The van der Waals surface area contributed by atoms with Gasteiger partial charge in [0.2, 0.25) is 5.95 Å². The van der Waals surface area contributed by atoms with E-state index in [1.54, 1.807) is 0 Å². The van der Waals surface area contributed by atoms with E-state index in [9.17, 15) is 0 Å². The second-order valence-electron chi connectivity index (χ2n) is 14.9. The quantitative estimate of drug-likeness (QED) is 0.176. The van der Waals surface area contributed by atoms with Crippen LogP contribution in [0.2, 0.25) is 0 Å². The van der Waals surface area contributed by atoms with Gasteiger partial charge in [-0.05, 0) is 61.0 Å². The Morgan fingerprint density at radius 3 is 1.64 bits per heavy atom. The molecule has 0 aliphatic carbocycles. The summed E-state index contributed by atoms with van der Waals surface area (Å²) < 4.78 is 7.09. The third-order valence-corrected chi connectivity index (χ3v) is 11.6. The highest BCUT2D eigenvalue weighted by molar-refractivity contribution is 6.17. The van der Waals surface area contributed by atoms with E-state index in [0.29, 0.717) is 17.6 Å². The lowest BCUT2D eigenvalue weighted by Gasteiger charge is -2.14. The van der Waals surface area contributed by atoms with Gasteiger partial charge in [0.1, 0.15) is 5.82 Å². The number of hydrogen-bond acceptors (Lipinski definition) is 3. The molecule has 0 saturated heterocycles. The summed E-state index contributed by atoms with van der Waals surface area (Å²) in [6.07, 6.45) is 0. The van der Waals surface area contributed by atoms with Crippen LogP contribution < -0.4 is 0 Å². The Morgan fingerprint density at radius 2 is 0.914 bits per heavy atom. The van der Waals surface area contributed by atoms with E-state index in [0.717, 1.165) is 60.9 Å². The summed E-state index contributed by atoms with van der Waals surface area (Å²) in [7, 11) is 0. The Bertz CT molecular complexity index is 3570. The molecule has 0 fully saturated rings. The highest BCUT2D eigenvalue weighted by Crippen LogP contribution is 2.42. The smallest absolute Gasteiger partial charge is 0.238 e. The Balaban J connectivity index is 1.13. The Hall–Kier alpha value is -7.83. The van der Waals surface area contributed by atoms with E-state index in [1.165, 1.54) is 32.6 Å². The molecule has 0 radical (unpaired) electrons. The maximum absolute atomic E-state index is 5.11. The van der Waals surface area contributed by atoms with Gasteiger partial charge in [0.25, 0.3) is 0 Å². The Morgan fingerprint density at radius 1 is 0.362 bits per heavy atom. The molecule has 0 spiro atoms. The average molecular weight is 743 g/mol. The summed E-state index contributed by atoms with van der Waals surface area (Å²) >= 11 is 0. The minimum absolute atomic E-state index is 0.601. The molecule has 0 N–H and O–H groups in total. The van der Waals surface area contributed by atoms with Gasteiger partial charge >= 0.3 is 0 Å². The van der Waals surface area contributed by atoms with E-state index in [1.807, 2.05) is 37.3 Å². The number of para-hydroxylation sites is 6. The van der Waals surface area contributed by atoms with Crippen molar-refractivity contribution in [2.75, 3.05) is 0 Å². The second-order valence-corrected chi connectivity index (χ2v) is 14.9. The molecule has 0 atom stereocenters. The summed E-state index contributed by atoms with van der Waals surface area (Å²) in [6, 6.07) is 67.1. The van der Waals surface area contributed by atoms with Crippen molar-refractivity contribution in [1.82, 2.24) is 28.7 Å². The van der Waals surface area contributed by atoms with E-state index >= 15 is 0 Å². The van der Waals surface area contributed by atoms with Crippen molar-refractivity contribution in [1.29, 1.82) is 0 Å². The van der Waals surface area contributed by atoms with Crippen LogP contribution in [0.4, 0.5) is 0 Å². The van der Waals surface area contributed by atoms with Gasteiger partial charge in [0, 0.05) is 49.1 Å². The molecular weight excluding hydrogens is 709 g/mol. The predicted octanol–water partition coefficient (Wildman–Crippen LogP) is 12.8. The fourth-order valence-corrected chi connectivity index (χ4v) is 9.17. The molecular formula is C52H34N6. The van der Waals surface area contributed by atoms with Crippen molar-refractivity contribution in [2.24, 2.45) is 0 Å². The van der Waals surface area contributed by atoms with Gasteiger partial charge in [-0.2, -0.15) is 9.97 Å². The van der Waals surface area contributed by atoms with Crippen molar-refractivity contribution in [2.45, 2.75) is 6.92 Å². The Kier molecular flexibility index (Phi) is 7.04. The first-order valence-electron chi connectivity index (χ1n) is 19.6. The van der Waals surface area contributed by atoms with Gasteiger partial charge in [-0.25, -0.2) is 4.98 Å². The van der Waals surface area contributed by atoms with E-state index in [4.69, 9.17) is 15.0 Å². The van der Waals surface area contributed by atoms with Crippen molar-refractivity contribution in [3.8, 4) is 39.8 Å². The van der Waals surface area contributed by atoms with E-state index in [2.05, 4.69) is 171 Å². The number of nitrogens with zero attached hydrogens (tertiary/aromatic N) is 6. The average Bonchev–Trinajstić information content (AvgIpc) is 3.93. The molecule has 4 heterocycles. The number of hydrogen-bond donors (Lipinski definition) is 0.